The molecule has 1 rings (SSSR count). The van der Waals surface area contributed by atoms with Gasteiger partial charge in [-0.1, -0.05) is 6.92 Å². The summed E-state index contributed by atoms with van der Waals surface area (Å²) in [6.45, 7) is 3.96. The van der Waals surface area contributed by atoms with Crippen molar-refractivity contribution in [1.82, 2.24) is 10.2 Å². The molecule has 0 aromatic carbocycles. The quantitative estimate of drug-likeness (QED) is 0.675. The zero-order valence-electron chi connectivity index (χ0n) is 11.3. The number of rotatable bonds is 4. The third-order valence-electron chi connectivity index (χ3n) is 3.76. The summed E-state index contributed by atoms with van der Waals surface area (Å²) in [5.74, 6) is -1.50. The van der Waals surface area contributed by atoms with E-state index >= 15 is 0 Å². The van der Waals surface area contributed by atoms with Crippen LogP contribution in [0, 0.1) is 5.41 Å². The van der Waals surface area contributed by atoms with Crippen molar-refractivity contribution in [3.8, 4) is 0 Å². The molecule has 0 aromatic heterocycles. The van der Waals surface area contributed by atoms with Gasteiger partial charge in [0.05, 0.1) is 5.41 Å². The number of aliphatic carboxylic acids is 1. The highest BCUT2D eigenvalue weighted by molar-refractivity contribution is 5.86. The highest BCUT2D eigenvalue weighted by Crippen LogP contribution is 2.33. The van der Waals surface area contributed by atoms with Crippen LogP contribution in [0.1, 0.15) is 33.1 Å². The van der Waals surface area contributed by atoms with Crippen molar-refractivity contribution < 1.29 is 19.5 Å². The fourth-order valence-corrected chi connectivity index (χ4v) is 2.27. The maximum absolute atomic E-state index is 12.0. The normalized spacial score (nSPS) is 24.6. The number of hydrogen-bond acceptors (Lipinski definition) is 3. The van der Waals surface area contributed by atoms with Gasteiger partial charge in [-0.25, -0.2) is 4.79 Å². The summed E-state index contributed by atoms with van der Waals surface area (Å²) in [5, 5.41) is 11.8. The second-order valence-electron chi connectivity index (χ2n) is 5.04. The Kier molecular flexibility index (Phi) is 4.74. The number of amides is 3. The summed E-state index contributed by atoms with van der Waals surface area (Å²) in [6, 6.07) is -1.21. The van der Waals surface area contributed by atoms with Gasteiger partial charge in [0.25, 0.3) is 0 Å². The molecule has 1 aliphatic rings. The maximum Gasteiger partial charge on any atom is 0.318 e. The fourth-order valence-electron chi connectivity index (χ4n) is 2.27. The van der Waals surface area contributed by atoms with E-state index in [9.17, 15) is 19.5 Å². The fraction of sp³-hybridized carbons (Fsp3) is 0.750. The average molecular weight is 271 g/mol. The molecule has 0 aliphatic carbocycles. The van der Waals surface area contributed by atoms with Crippen LogP contribution in [-0.4, -0.2) is 47.0 Å². The molecule has 0 saturated carbocycles. The van der Waals surface area contributed by atoms with E-state index in [0.717, 1.165) is 0 Å². The Bertz CT molecular complexity index is 385. The monoisotopic (exact) mass is 271 g/mol. The van der Waals surface area contributed by atoms with Crippen LogP contribution in [-0.2, 0) is 9.59 Å². The number of piperidine rings is 1. The minimum absolute atomic E-state index is 0.163. The predicted octanol–water partition coefficient (Wildman–Crippen LogP) is 0.147. The Balaban J connectivity index is 2.71. The first kappa shape index (κ1) is 15.3. The lowest BCUT2D eigenvalue weighted by Gasteiger charge is -2.39. The number of nitrogens with two attached hydrogens (primary N) is 1. The largest absolute Gasteiger partial charge is 0.481 e. The molecule has 19 heavy (non-hydrogen) atoms. The summed E-state index contributed by atoms with van der Waals surface area (Å²) >= 11 is 0. The Morgan fingerprint density at radius 1 is 1.47 bits per heavy atom. The number of nitrogens with zero attached hydrogens (tertiary/aromatic N) is 1. The molecular weight excluding hydrogens is 250 g/mol. The van der Waals surface area contributed by atoms with E-state index in [-0.39, 0.29) is 6.54 Å². The number of carbonyl (C=O) groups excluding carboxylic acids is 2. The molecule has 1 aliphatic heterocycles. The molecule has 7 heteroatoms. The number of carboxylic acids is 1. The van der Waals surface area contributed by atoms with Crippen molar-refractivity contribution in [2.24, 2.45) is 11.1 Å². The molecular formula is C12H21N3O4. The first-order valence-corrected chi connectivity index (χ1v) is 6.40. The average Bonchev–Trinajstić information content (AvgIpc) is 2.38. The predicted molar refractivity (Wildman–Crippen MR) is 68.4 cm³/mol. The van der Waals surface area contributed by atoms with Crippen LogP contribution >= 0.6 is 0 Å². The summed E-state index contributed by atoms with van der Waals surface area (Å²) in [5.41, 5.74) is 4.19. The second kappa shape index (κ2) is 5.90. The lowest BCUT2D eigenvalue weighted by molar-refractivity contribution is -0.152. The molecule has 7 nitrogen and oxygen atoms in total. The molecule has 3 amide bonds. The Morgan fingerprint density at radius 2 is 2.11 bits per heavy atom. The van der Waals surface area contributed by atoms with Crippen molar-refractivity contribution in [2.45, 2.75) is 39.2 Å². The third-order valence-corrected chi connectivity index (χ3v) is 3.76. The number of likely N-dealkylation sites (tertiary alicyclic amines) is 1. The summed E-state index contributed by atoms with van der Waals surface area (Å²) < 4.78 is 0. The SMILES string of the molecule is CCC1(C(=O)O)CCCN(C(=O)NC(C)C(N)=O)C1. The molecule has 4 N–H and O–H groups in total. The molecule has 0 radical (unpaired) electrons. The van der Waals surface area contributed by atoms with Gasteiger partial charge in [0.1, 0.15) is 6.04 Å². The zero-order valence-corrected chi connectivity index (χ0v) is 11.3. The number of urea groups is 1. The van der Waals surface area contributed by atoms with E-state index in [4.69, 9.17) is 5.73 Å². The van der Waals surface area contributed by atoms with E-state index in [0.29, 0.717) is 25.8 Å². The van der Waals surface area contributed by atoms with Crippen molar-refractivity contribution in [2.75, 3.05) is 13.1 Å². The van der Waals surface area contributed by atoms with Crippen LogP contribution in [0.25, 0.3) is 0 Å². The van der Waals surface area contributed by atoms with Gasteiger partial charge in [-0.3, -0.25) is 9.59 Å². The highest BCUT2D eigenvalue weighted by atomic mass is 16.4. The highest BCUT2D eigenvalue weighted by Gasteiger charge is 2.42. The third kappa shape index (κ3) is 3.36. The van der Waals surface area contributed by atoms with Crippen molar-refractivity contribution in [3.63, 3.8) is 0 Å². The number of hydrogen-bond donors (Lipinski definition) is 3. The smallest absolute Gasteiger partial charge is 0.318 e. The number of nitrogens with one attached hydrogen (secondary N) is 1. The van der Waals surface area contributed by atoms with Gasteiger partial charge in [-0.2, -0.15) is 0 Å². The molecule has 2 unspecified atom stereocenters. The van der Waals surface area contributed by atoms with Crippen LogP contribution in [0.4, 0.5) is 4.79 Å². The Labute approximate surface area is 112 Å². The lowest BCUT2D eigenvalue weighted by atomic mass is 9.78. The topological polar surface area (TPSA) is 113 Å². The van der Waals surface area contributed by atoms with Crippen LogP contribution in [0.15, 0.2) is 0 Å². The van der Waals surface area contributed by atoms with Gasteiger partial charge < -0.3 is 21.1 Å². The Morgan fingerprint density at radius 3 is 2.58 bits per heavy atom. The van der Waals surface area contributed by atoms with E-state index in [1.807, 2.05) is 6.92 Å². The summed E-state index contributed by atoms with van der Waals surface area (Å²) in [7, 11) is 0. The number of carboxylic acid groups (broad SMARTS) is 1. The van der Waals surface area contributed by atoms with Crippen LogP contribution < -0.4 is 11.1 Å². The van der Waals surface area contributed by atoms with Gasteiger partial charge in [-0.15, -0.1) is 0 Å². The van der Waals surface area contributed by atoms with E-state index in [1.165, 1.54) is 11.8 Å². The van der Waals surface area contributed by atoms with Crippen LogP contribution in [0.2, 0.25) is 0 Å². The molecule has 0 bridgehead atoms. The van der Waals surface area contributed by atoms with E-state index in [2.05, 4.69) is 5.32 Å². The maximum atomic E-state index is 12.0. The van der Waals surface area contributed by atoms with Gasteiger partial charge in [0.2, 0.25) is 5.91 Å². The zero-order chi connectivity index (χ0) is 14.6. The van der Waals surface area contributed by atoms with E-state index < -0.39 is 29.4 Å². The first-order valence-electron chi connectivity index (χ1n) is 6.40. The molecule has 0 aromatic rings. The lowest BCUT2D eigenvalue weighted by Crippen LogP contribution is -2.55. The molecule has 1 heterocycles. The summed E-state index contributed by atoms with van der Waals surface area (Å²) in [4.78, 5) is 35.7. The van der Waals surface area contributed by atoms with Crippen molar-refractivity contribution in [1.29, 1.82) is 0 Å². The van der Waals surface area contributed by atoms with Crippen LogP contribution in [0.5, 0.6) is 0 Å². The first-order chi connectivity index (χ1) is 8.82. The second-order valence-corrected chi connectivity index (χ2v) is 5.04. The van der Waals surface area contributed by atoms with Gasteiger partial charge >= 0.3 is 12.0 Å². The molecule has 1 fully saturated rings. The van der Waals surface area contributed by atoms with Gasteiger partial charge in [-0.05, 0) is 26.2 Å². The molecule has 1 saturated heterocycles. The van der Waals surface area contributed by atoms with Gasteiger partial charge in [0.15, 0.2) is 0 Å². The molecule has 108 valence electrons. The standard InChI is InChI=1S/C12H21N3O4/c1-3-12(10(17)18)5-4-6-15(7-12)11(19)14-8(2)9(13)16/h8H,3-7H2,1-2H3,(H2,13,16)(H,14,19)(H,17,18). The van der Waals surface area contributed by atoms with Crippen molar-refractivity contribution in [3.05, 3.63) is 0 Å². The molecule has 0 spiro atoms. The number of carbonyl (C=O) groups is 3. The minimum Gasteiger partial charge on any atom is -0.481 e. The van der Waals surface area contributed by atoms with E-state index in [1.54, 1.807) is 0 Å². The van der Waals surface area contributed by atoms with Crippen LogP contribution in [0.3, 0.4) is 0 Å². The van der Waals surface area contributed by atoms with Crippen molar-refractivity contribution >= 4 is 17.9 Å². The minimum atomic E-state index is -0.883. The Hall–Kier alpha value is -1.79. The number of primary amides is 1. The summed E-state index contributed by atoms with van der Waals surface area (Å²) in [6.07, 6.45) is 1.67. The van der Waals surface area contributed by atoms with Gasteiger partial charge in [0, 0.05) is 13.1 Å². The molecule has 2 atom stereocenters.